The molecule has 196 valence electrons. The molecule has 3 rings (SSSR count). The van der Waals surface area contributed by atoms with Crippen LogP contribution in [-0.4, -0.2) is 35.9 Å². The van der Waals surface area contributed by atoms with Gasteiger partial charge in [0.1, 0.15) is 11.8 Å². The summed E-state index contributed by atoms with van der Waals surface area (Å²) in [5.41, 5.74) is 3.15. The molecule has 37 heavy (non-hydrogen) atoms. The second kappa shape index (κ2) is 14.6. The molecule has 5 nitrogen and oxygen atoms in total. The van der Waals surface area contributed by atoms with Gasteiger partial charge in [-0.15, -0.1) is 0 Å². The van der Waals surface area contributed by atoms with Crippen LogP contribution < -0.4 is 10.1 Å². The first kappa shape index (κ1) is 28.5. The Labute approximate surface area is 229 Å². The van der Waals surface area contributed by atoms with Crippen molar-refractivity contribution in [1.82, 2.24) is 10.2 Å². The van der Waals surface area contributed by atoms with Crippen molar-refractivity contribution in [3.05, 3.63) is 100 Å². The maximum absolute atomic E-state index is 13.6. The fourth-order valence-corrected chi connectivity index (χ4v) is 4.45. The number of carbonyl (C=O) groups is 2. The number of hydrogen-bond donors (Lipinski definition) is 1. The molecular weight excluding hydrogens is 528 g/mol. The predicted octanol–water partition coefficient (Wildman–Crippen LogP) is 6.33. The minimum atomic E-state index is -0.620. The Morgan fingerprint density at radius 3 is 2.32 bits per heavy atom. The lowest BCUT2D eigenvalue weighted by atomic mass is 10.0. The van der Waals surface area contributed by atoms with Crippen LogP contribution in [0.15, 0.2) is 83.3 Å². The second-order valence-electron chi connectivity index (χ2n) is 9.76. The van der Waals surface area contributed by atoms with Gasteiger partial charge in [0.05, 0.1) is 6.61 Å². The molecule has 0 saturated heterocycles. The lowest BCUT2D eigenvalue weighted by molar-refractivity contribution is -0.141. The highest BCUT2D eigenvalue weighted by atomic mass is 79.9. The molecule has 0 fully saturated rings. The standard InChI is InChI=1S/C31H37BrN2O3/c1-23(2)21-33-31(36)29(20-25-9-5-4-6-10-25)34(22-26-11-7-12-27(32)19-26)30(35)13-8-18-37-28-16-14-24(3)15-17-28/h4-7,9-12,14-17,19,23,29H,8,13,18,20-22H2,1-3H3,(H,33,36)/t29-/m1/s1. The van der Waals surface area contributed by atoms with Crippen LogP contribution in [-0.2, 0) is 22.6 Å². The van der Waals surface area contributed by atoms with E-state index in [1.165, 1.54) is 5.56 Å². The van der Waals surface area contributed by atoms with E-state index in [-0.39, 0.29) is 11.8 Å². The van der Waals surface area contributed by atoms with Crippen molar-refractivity contribution in [3.63, 3.8) is 0 Å². The van der Waals surface area contributed by atoms with Crippen molar-refractivity contribution in [1.29, 1.82) is 0 Å². The average molecular weight is 566 g/mol. The number of hydrogen-bond acceptors (Lipinski definition) is 3. The Hall–Kier alpha value is -3.12. The van der Waals surface area contributed by atoms with Crippen molar-refractivity contribution >= 4 is 27.7 Å². The summed E-state index contributed by atoms with van der Waals surface area (Å²) < 4.78 is 6.78. The van der Waals surface area contributed by atoms with Crippen LogP contribution in [0.1, 0.15) is 43.4 Å². The van der Waals surface area contributed by atoms with Gasteiger partial charge in [0.25, 0.3) is 0 Å². The summed E-state index contributed by atoms with van der Waals surface area (Å²) >= 11 is 3.53. The number of nitrogens with one attached hydrogen (secondary N) is 1. The van der Waals surface area contributed by atoms with Crippen LogP contribution in [0.5, 0.6) is 5.75 Å². The zero-order valence-corrected chi connectivity index (χ0v) is 23.5. The summed E-state index contributed by atoms with van der Waals surface area (Å²) in [6, 6.07) is 25.0. The fourth-order valence-electron chi connectivity index (χ4n) is 4.00. The minimum absolute atomic E-state index is 0.0619. The average Bonchev–Trinajstić information content (AvgIpc) is 2.88. The molecular formula is C31H37BrN2O3. The first-order valence-corrected chi connectivity index (χ1v) is 13.7. The number of carbonyl (C=O) groups excluding carboxylic acids is 2. The van der Waals surface area contributed by atoms with Gasteiger partial charge < -0.3 is 15.0 Å². The molecule has 6 heteroatoms. The van der Waals surface area contributed by atoms with Crippen LogP contribution in [0.4, 0.5) is 0 Å². The quantitative estimate of drug-likeness (QED) is 0.247. The molecule has 1 atom stereocenters. The number of benzene rings is 3. The predicted molar refractivity (Wildman–Crippen MR) is 152 cm³/mol. The molecule has 0 unspecified atom stereocenters. The Morgan fingerprint density at radius 2 is 1.65 bits per heavy atom. The lowest BCUT2D eigenvalue weighted by Gasteiger charge is -2.32. The molecule has 0 spiro atoms. The zero-order valence-electron chi connectivity index (χ0n) is 22.0. The van der Waals surface area contributed by atoms with Crippen molar-refractivity contribution in [2.45, 2.75) is 52.6 Å². The smallest absolute Gasteiger partial charge is 0.243 e. The Bertz CT molecular complexity index is 1130. The van der Waals surface area contributed by atoms with Crippen molar-refractivity contribution in [2.24, 2.45) is 5.92 Å². The van der Waals surface area contributed by atoms with Gasteiger partial charge in [0, 0.05) is 30.4 Å². The highest BCUT2D eigenvalue weighted by Gasteiger charge is 2.30. The Kier molecular flexibility index (Phi) is 11.2. The SMILES string of the molecule is Cc1ccc(OCCCC(=O)N(Cc2cccc(Br)c2)[C@H](Cc2ccccc2)C(=O)NCC(C)C)cc1. The van der Waals surface area contributed by atoms with Gasteiger partial charge in [0.15, 0.2) is 0 Å². The number of ether oxygens (including phenoxy) is 1. The number of aryl methyl sites for hydroxylation is 1. The van der Waals surface area contributed by atoms with E-state index in [0.29, 0.717) is 44.9 Å². The lowest BCUT2D eigenvalue weighted by Crippen LogP contribution is -2.51. The number of rotatable bonds is 13. The third kappa shape index (κ3) is 9.69. The molecule has 0 aliphatic heterocycles. The molecule has 2 amide bonds. The molecule has 0 heterocycles. The van der Waals surface area contributed by atoms with E-state index >= 15 is 0 Å². The number of amides is 2. The van der Waals surface area contributed by atoms with Crippen molar-refractivity contribution in [3.8, 4) is 5.75 Å². The maximum atomic E-state index is 13.6. The summed E-state index contributed by atoms with van der Waals surface area (Å²) in [7, 11) is 0. The topological polar surface area (TPSA) is 58.6 Å². The zero-order chi connectivity index (χ0) is 26.6. The first-order valence-electron chi connectivity index (χ1n) is 12.9. The van der Waals surface area contributed by atoms with Crippen LogP contribution >= 0.6 is 15.9 Å². The normalized spacial score (nSPS) is 11.7. The molecule has 3 aromatic carbocycles. The van der Waals surface area contributed by atoms with Gasteiger partial charge in [-0.1, -0.05) is 89.9 Å². The minimum Gasteiger partial charge on any atom is -0.494 e. The summed E-state index contributed by atoms with van der Waals surface area (Å²) in [5.74, 6) is 0.915. The monoisotopic (exact) mass is 564 g/mol. The summed E-state index contributed by atoms with van der Waals surface area (Å²) in [5, 5.41) is 3.06. The van der Waals surface area contributed by atoms with Gasteiger partial charge in [-0.2, -0.15) is 0 Å². The molecule has 0 radical (unpaired) electrons. The van der Waals surface area contributed by atoms with E-state index in [1.807, 2.05) is 85.8 Å². The van der Waals surface area contributed by atoms with Crippen LogP contribution in [0.2, 0.25) is 0 Å². The molecule has 0 saturated carbocycles. The highest BCUT2D eigenvalue weighted by molar-refractivity contribution is 9.10. The fraction of sp³-hybridized carbons (Fsp3) is 0.355. The Morgan fingerprint density at radius 1 is 0.946 bits per heavy atom. The third-order valence-electron chi connectivity index (χ3n) is 6.02. The van der Waals surface area contributed by atoms with Crippen molar-refractivity contribution < 1.29 is 14.3 Å². The largest absolute Gasteiger partial charge is 0.494 e. The van der Waals surface area contributed by atoms with Crippen molar-refractivity contribution in [2.75, 3.05) is 13.2 Å². The summed E-state index contributed by atoms with van der Waals surface area (Å²) in [4.78, 5) is 28.8. The van der Waals surface area contributed by atoms with Gasteiger partial charge in [-0.3, -0.25) is 9.59 Å². The summed E-state index contributed by atoms with van der Waals surface area (Å²) in [6.07, 6.45) is 1.31. The molecule has 0 bridgehead atoms. The number of nitrogens with zero attached hydrogens (tertiary/aromatic N) is 1. The highest BCUT2D eigenvalue weighted by Crippen LogP contribution is 2.19. The van der Waals surface area contributed by atoms with E-state index < -0.39 is 6.04 Å². The molecule has 3 aromatic rings. The van der Waals surface area contributed by atoms with E-state index in [1.54, 1.807) is 4.90 Å². The van der Waals surface area contributed by atoms with Gasteiger partial charge in [-0.05, 0) is 54.7 Å². The summed E-state index contributed by atoms with van der Waals surface area (Å²) in [6.45, 7) is 7.50. The molecule has 1 N–H and O–H groups in total. The van der Waals surface area contributed by atoms with E-state index in [4.69, 9.17) is 4.74 Å². The third-order valence-corrected chi connectivity index (χ3v) is 6.52. The number of halogens is 1. The second-order valence-corrected chi connectivity index (χ2v) is 10.7. The molecule has 0 aromatic heterocycles. The van der Waals surface area contributed by atoms with Gasteiger partial charge in [-0.25, -0.2) is 0 Å². The molecule has 0 aliphatic carbocycles. The van der Waals surface area contributed by atoms with E-state index in [9.17, 15) is 9.59 Å². The maximum Gasteiger partial charge on any atom is 0.243 e. The molecule has 0 aliphatic rings. The van der Waals surface area contributed by atoms with E-state index in [0.717, 1.165) is 21.3 Å². The Balaban J connectivity index is 1.78. The van der Waals surface area contributed by atoms with Gasteiger partial charge >= 0.3 is 0 Å². The first-order chi connectivity index (χ1) is 17.8. The van der Waals surface area contributed by atoms with Crippen LogP contribution in [0.25, 0.3) is 0 Å². The van der Waals surface area contributed by atoms with Gasteiger partial charge in [0.2, 0.25) is 11.8 Å². The van der Waals surface area contributed by atoms with Crippen LogP contribution in [0, 0.1) is 12.8 Å². The van der Waals surface area contributed by atoms with Crippen LogP contribution in [0.3, 0.4) is 0 Å². The van der Waals surface area contributed by atoms with E-state index in [2.05, 4.69) is 35.1 Å².